The Hall–Kier alpha value is -1.46. The molecule has 0 unspecified atom stereocenters. The quantitative estimate of drug-likeness (QED) is 0.745. The van der Waals surface area contributed by atoms with E-state index in [-0.39, 0.29) is 12.2 Å². The van der Waals surface area contributed by atoms with Crippen molar-refractivity contribution in [2.75, 3.05) is 6.67 Å². The van der Waals surface area contributed by atoms with Crippen LogP contribution in [0, 0.1) is 0 Å². The maximum absolute atomic E-state index is 12.0. The second-order valence-electron chi connectivity index (χ2n) is 2.46. The average Bonchev–Trinajstić information content (AvgIpc) is 2.48. The molecule has 0 aromatic carbocycles. The third-order valence-corrected chi connectivity index (χ3v) is 1.67. The van der Waals surface area contributed by atoms with Gasteiger partial charge in [0, 0.05) is 0 Å². The first-order valence-corrected chi connectivity index (χ1v) is 3.92. The van der Waals surface area contributed by atoms with Gasteiger partial charge in [0.15, 0.2) is 5.69 Å². The summed E-state index contributed by atoms with van der Waals surface area (Å²) in [5.41, 5.74) is 0.376. The van der Waals surface area contributed by atoms with Crippen LogP contribution in [-0.2, 0) is 13.0 Å². The smallest absolute Gasteiger partial charge is 0.358 e. The van der Waals surface area contributed by atoms with Gasteiger partial charge in [-0.2, -0.15) is 0 Å². The number of carboxylic acid groups (broad SMARTS) is 1. The number of rotatable bonds is 4. The standard InChI is InChI=1S/C7H10FN3O2/c1-2-5-6(7(12)13)9-10-11(5)4-3-8/h2-4H2,1H3,(H,12,13). The fraction of sp³-hybridized carbons (Fsp3) is 0.571. The minimum absolute atomic E-state index is 0.0590. The number of aromatic carboxylic acids is 1. The van der Waals surface area contributed by atoms with Gasteiger partial charge in [-0.15, -0.1) is 5.10 Å². The largest absolute Gasteiger partial charge is 0.476 e. The SMILES string of the molecule is CCc1c(C(=O)O)nnn1CCF. The molecule has 0 fully saturated rings. The van der Waals surface area contributed by atoms with E-state index in [1.54, 1.807) is 6.92 Å². The highest BCUT2D eigenvalue weighted by molar-refractivity contribution is 5.86. The molecule has 0 spiro atoms. The average molecular weight is 187 g/mol. The van der Waals surface area contributed by atoms with Crippen LogP contribution in [-0.4, -0.2) is 32.7 Å². The first-order chi connectivity index (χ1) is 6.20. The van der Waals surface area contributed by atoms with Gasteiger partial charge < -0.3 is 5.11 Å². The summed E-state index contributed by atoms with van der Waals surface area (Å²) in [6.07, 6.45) is 0.481. The number of nitrogens with zero attached hydrogens (tertiary/aromatic N) is 3. The van der Waals surface area contributed by atoms with Gasteiger partial charge in [0.25, 0.3) is 0 Å². The van der Waals surface area contributed by atoms with Crippen molar-refractivity contribution in [1.29, 1.82) is 0 Å². The molecule has 0 radical (unpaired) electrons. The minimum atomic E-state index is -1.12. The summed E-state index contributed by atoms with van der Waals surface area (Å²) < 4.78 is 13.3. The number of carbonyl (C=O) groups is 1. The molecule has 0 saturated carbocycles. The van der Waals surface area contributed by atoms with Crippen molar-refractivity contribution in [3.05, 3.63) is 11.4 Å². The zero-order valence-corrected chi connectivity index (χ0v) is 7.20. The van der Waals surface area contributed by atoms with E-state index in [4.69, 9.17) is 5.11 Å². The lowest BCUT2D eigenvalue weighted by Gasteiger charge is -2.00. The van der Waals surface area contributed by atoms with Crippen LogP contribution in [0.3, 0.4) is 0 Å². The molecule has 1 aromatic heterocycles. The van der Waals surface area contributed by atoms with E-state index >= 15 is 0 Å². The van der Waals surface area contributed by atoms with Crippen molar-refractivity contribution in [2.45, 2.75) is 19.9 Å². The Labute approximate surface area is 74.2 Å². The van der Waals surface area contributed by atoms with Crippen LogP contribution in [0.25, 0.3) is 0 Å². The second kappa shape index (κ2) is 3.97. The lowest BCUT2D eigenvalue weighted by Crippen LogP contribution is -2.08. The third kappa shape index (κ3) is 1.82. The predicted molar refractivity (Wildman–Crippen MR) is 42.3 cm³/mol. The van der Waals surface area contributed by atoms with Crippen LogP contribution in [0.2, 0.25) is 0 Å². The van der Waals surface area contributed by atoms with E-state index in [0.717, 1.165) is 0 Å². The molecule has 0 aliphatic carbocycles. The second-order valence-corrected chi connectivity index (χ2v) is 2.46. The highest BCUT2D eigenvalue weighted by Gasteiger charge is 2.16. The van der Waals surface area contributed by atoms with Gasteiger partial charge in [0.1, 0.15) is 6.67 Å². The summed E-state index contributed by atoms with van der Waals surface area (Å²) in [6.45, 7) is 1.26. The van der Waals surface area contributed by atoms with E-state index in [1.165, 1.54) is 4.68 Å². The maximum Gasteiger partial charge on any atom is 0.358 e. The van der Waals surface area contributed by atoms with E-state index in [9.17, 15) is 9.18 Å². The molecule has 13 heavy (non-hydrogen) atoms. The van der Waals surface area contributed by atoms with Crippen LogP contribution in [0.1, 0.15) is 23.1 Å². The maximum atomic E-state index is 12.0. The molecule has 6 heteroatoms. The van der Waals surface area contributed by atoms with Gasteiger partial charge in [-0.1, -0.05) is 12.1 Å². The summed E-state index contributed by atoms with van der Waals surface area (Å²) in [5.74, 6) is -1.12. The first kappa shape index (κ1) is 9.63. The van der Waals surface area contributed by atoms with E-state index in [2.05, 4.69) is 10.3 Å². The molecule has 1 heterocycles. The Bertz CT molecular complexity index is 311. The number of aryl methyl sites for hydroxylation is 1. The monoisotopic (exact) mass is 187 g/mol. The molecule has 72 valence electrons. The van der Waals surface area contributed by atoms with Crippen LogP contribution in [0.5, 0.6) is 0 Å². The summed E-state index contributed by atoms with van der Waals surface area (Å²) in [5, 5.41) is 15.7. The zero-order chi connectivity index (χ0) is 9.84. The number of hydrogen-bond acceptors (Lipinski definition) is 3. The van der Waals surface area contributed by atoms with E-state index in [0.29, 0.717) is 12.1 Å². The Morgan fingerprint density at radius 3 is 2.85 bits per heavy atom. The van der Waals surface area contributed by atoms with Crippen molar-refractivity contribution in [2.24, 2.45) is 0 Å². The Kier molecular flexibility index (Phi) is 2.94. The molecule has 0 atom stereocenters. The number of halogens is 1. The van der Waals surface area contributed by atoms with Gasteiger partial charge in [-0.3, -0.25) is 0 Å². The number of carboxylic acids is 1. The molecule has 0 amide bonds. The van der Waals surface area contributed by atoms with Crippen LogP contribution in [0.15, 0.2) is 0 Å². The molecule has 0 aliphatic heterocycles. The van der Waals surface area contributed by atoms with Crippen LogP contribution in [0.4, 0.5) is 4.39 Å². The van der Waals surface area contributed by atoms with Crippen molar-refractivity contribution >= 4 is 5.97 Å². The Morgan fingerprint density at radius 2 is 2.38 bits per heavy atom. The topological polar surface area (TPSA) is 68.0 Å². The highest BCUT2D eigenvalue weighted by atomic mass is 19.1. The Morgan fingerprint density at radius 1 is 1.69 bits per heavy atom. The van der Waals surface area contributed by atoms with E-state index in [1.807, 2.05) is 0 Å². The van der Waals surface area contributed by atoms with Crippen molar-refractivity contribution in [3.8, 4) is 0 Å². The van der Waals surface area contributed by atoms with Gasteiger partial charge in [0.2, 0.25) is 0 Å². The molecule has 0 saturated heterocycles. The fourth-order valence-corrected chi connectivity index (χ4v) is 1.11. The van der Waals surface area contributed by atoms with Crippen molar-refractivity contribution in [1.82, 2.24) is 15.0 Å². The van der Waals surface area contributed by atoms with Crippen molar-refractivity contribution in [3.63, 3.8) is 0 Å². The molecule has 0 aliphatic rings. The van der Waals surface area contributed by atoms with Gasteiger partial charge in [0.05, 0.1) is 12.2 Å². The molecule has 1 aromatic rings. The number of hydrogen-bond donors (Lipinski definition) is 1. The third-order valence-electron chi connectivity index (χ3n) is 1.67. The minimum Gasteiger partial charge on any atom is -0.476 e. The molecule has 5 nitrogen and oxygen atoms in total. The highest BCUT2D eigenvalue weighted by Crippen LogP contribution is 2.06. The molecular formula is C7H10FN3O2. The van der Waals surface area contributed by atoms with Crippen LogP contribution < -0.4 is 0 Å². The fourth-order valence-electron chi connectivity index (χ4n) is 1.11. The van der Waals surface area contributed by atoms with Crippen LogP contribution >= 0.6 is 0 Å². The summed E-state index contributed by atoms with van der Waals surface area (Å²) in [4.78, 5) is 10.6. The predicted octanol–water partition coefficient (Wildman–Crippen LogP) is 0.508. The molecular weight excluding hydrogens is 177 g/mol. The number of aromatic nitrogens is 3. The summed E-state index contributed by atoms with van der Waals surface area (Å²) >= 11 is 0. The molecule has 1 N–H and O–H groups in total. The van der Waals surface area contributed by atoms with Gasteiger partial charge in [-0.05, 0) is 6.42 Å². The molecule has 1 rings (SSSR count). The first-order valence-electron chi connectivity index (χ1n) is 3.92. The lowest BCUT2D eigenvalue weighted by molar-refractivity contribution is 0.0689. The number of alkyl halides is 1. The van der Waals surface area contributed by atoms with E-state index < -0.39 is 12.6 Å². The van der Waals surface area contributed by atoms with Gasteiger partial charge in [-0.25, -0.2) is 13.9 Å². The van der Waals surface area contributed by atoms with Crippen molar-refractivity contribution < 1.29 is 14.3 Å². The summed E-state index contributed by atoms with van der Waals surface area (Å²) in [6, 6.07) is 0. The summed E-state index contributed by atoms with van der Waals surface area (Å²) in [7, 11) is 0. The lowest BCUT2D eigenvalue weighted by atomic mass is 10.2. The normalized spacial score (nSPS) is 10.3. The Balaban J connectivity index is 3.03. The molecule has 0 bridgehead atoms. The van der Waals surface area contributed by atoms with Gasteiger partial charge >= 0.3 is 5.97 Å². The zero-order valence-electron chi connectivity index (χ0n) is 7.20.